The first kappa shape index (κ1) is 14.8. The van der Waals surface area contributed by atoms with Crippen molar-refractivity contribution < 1.29 is 4.79 Å². The maximum atomic E-state index is 11.9. The van der Waals surface area contributed by atoms with Crippen molar-refractivity contribution in [1.29, 1.82) is 0 Å². The zero-order valence-electron chi connectivity index (χ0n) is 11.0. The summed E-state index contributed by atoms with van der Waals surface area (Å²) in [6.07, 6.45) is 9.66. The number of unbranched alkanes of at least 4 members (excludes halogenated alkanes) is 3. The molecule has 0 aromatic carbocycles. The SMILES string of the molecule is CSC1CCN(C(=O)CCCCCCN)CC1. The van der Waals surface area contributed by atoms with Crippen LogP contribution in [0.5, 0.6) is 0 Å². The number of nitrogens with two attached hydrogens (primary N) is 1. The fraction of sp³-hybridized carbons (Fsp3) is 0.923. The number of hydrogen-bond donors (Lipinski definition) is 1. The Balaban J connectivity index is 2.08. The van der Waals surface area contributed by atoms with Gasteiger partial charge in [-0.2, -0.15) is 11.8 Å². The lowest BCUT2D eigenvalue weighted by atomic mass is 10.1. The fourth-order valence-electron chi connectivity index (χ4n) is 2.27. The number of piperidine rings is 1. The number of carbonyl (C=O) groups excluding carboxylic acids is 1. The Labute approximate surface area is 109 Å². The topological polar surface area (TPSA) is 46.3 Å². The fourth-order valence-corrected chi connectivity index (χ4v) is 2.96. The van der Waals surface area contributed by atoms with Crippen LogP contribution in [0.25, 0.3) is 0 Å². The molecule has 0 aliphatic carbocycles. The summed E-state index contributed by atoms with van der Waals surface area (Å²) in [5.74, 6) is 0.359. The molecular weight excluding hydrogens is 232 g/mol. The molecule has 1 saturated heterocycles. The molecule has 0 radical (unpaired) electrons. The highest BCUT2D eigenvalue weighted by Gasteiger charge is 2.21. The molecule has 0 bridgehead atoms. The monoisotopic (exact) mass is 258 g/mol. The van der Waals surface area contributed by atoms with Gasteiger partial charge in [-0.05, 0) is 38.5 Å². The number of thioether (sulfide) groups is 1. The lowest BCUT2D eigenvalue weighted by Crippen LogP contribution is -2.39. The van der Waals surface area contributed by atoms with E-state index in [9.17, 15) is 4.79 Å². The van der Waals surface area contributed by atoms with Gasteiger partial charge in [0, 0.05) is 24.8 Å². The van der Waals surface area contributed by atoms with Gasteiger partial charge in [-0.15, -0.1) is 0 Å². The van der Waals surface area contributed by atoms with Crippen LogP contribution in [0.1, 0.15) is 44.9 Å². The molecule has 3 nitrogen and oxygen atoms in total. The summed E-state index contributed by atoms with van der Waals surface area (Å²) in [5.41, 5.74) is 5.44. The Bertz CT molecular complexity index is 215. The van der Waals surface area contributed by atoms with Crippen molar-refractivity contribution in [2.24, 2.45) is 5.73 Å². The normalized spacial score (nSPS) is 17.4. The summed E-state index contributed by atoms with van der Waals surface area (Å²) in [4.78, 5) is 14.0. The number of carbonyl (C=O) groups is 1. The van der Waals surface area contributed by atoms with Gasteiger partial charge in [0.2, 0.25) is 5.91 Å². The first-order valence-corrected chi connectivity index (χ1v) is 8.07. The maximum absolute atomic E-state index is 11.9. The summed E-state index contributed by atoms with van der Waals surface area (Å²) >= 11 is 1.94. The third kappa shape index (κ3) is 5.77. The second-order valence-electron chi connectivity index (χ2n) is 4.77. The van der Waals surface area contributed by atoms with E-state index in [0.29, 0.717) is 5.91 Å². The molecule has 0 aromatic rings. The Morgan fingerprint density at radius 3 is 2.47 bits per heavy atom. The van der Waals surface area contributed by atoms with Gasteiger partial charge in [-0.25, -0.2) is 0 Å². The molecule has 1 rings (SSSR count). The molecule has 0 unspecified atom stereocenters. The first-order chi connectivity index (χ1) is 8.27. The average Bonchev–Trinajstić information content (AvgIpc) is 2.38. The van der Waals surface area contributed by atoms with Crippen molar-refractivity contribution >= 4 is 17.7 Å². The van der Waals surface area contributed by atoms with E-state index >= 15 is 0 Å². The first-order valence-electron chi connectivity index (χ1n) is 6.78. The van der Waals surface area contributed by atoms with Crippen molar-refractivity contribution in [2.45, 2.75) is 50.2 Å². The quantitative estimate of drug-likeness (QED) is 0.712. The van der Waals surface area contributed by atoms with Crippen molar-refractivity contribution in [2.75, 3.05) is 25.9 Å². The molecule has 1 fully saturated rings. The predicted octanol–water partition coefficient (Wildman–Crippen LogP) is 2.25. The highest BCUT2D eigenvalue weighted by molar-refractivity contribution is 7.99. The smallest absolute Gasteiger partial charge is 0.222 e. The van der Waals surface area contributed by atoms with Crippen LogP contribution >= 0.6 is 11.8 Å². The minimum atomic E-state index is 0.359. The van der Waals surface area contributed by atoms with Crippen LogP contribution in [0.15, 0.2) is 0 Å². The predicted molar refractivity (Wildman–Crippen MR) is 75.3 cm³/mol. The van der Waals surface area contributed by atoms with E-state index in [0.717, 1.165) is 50.6 Å². The molecule has 1 aliphatic rings. The maximum Gasteiger partial charge on any atom is 0.222 e. The van der Waals surface area contributed by atoms with Gasteiger partial charge in [-0.3, -0.25) is 4.79 Å². The van der Waals surface area contributed by atoms with Gasteiger partial charge < -0.3 is 10.6 Å². The second-order valence-corrected chi connectivity index (χ2v) is 5.91. The third-order valence-electron chi connectivity index (χ3n) is 3.47. The zero-order chi connectivity index (χ0) is 12.5. The van der Waals surface area contributed by atoms with Crippen LogP contribution in [0, 0.1) is 0 Å². The van der Waals surface area contributed by atoms with Gasteiger partial charge in [0.1, 0.15) is 0 Å². The summed E-state index contributed by atoms with van der Waals surface area (Å²) < 4.78 is 0. The molecule has 17 heavy (non-hydrogen) atoms. The standard InChI is InChI=1S/C13H26N2OS/c1-17-12-7-10-15(11-8-12)13(16)6-4-2-3-5-9-14/h12H,2-11,14H2,1H3. The molecule has 0 aromatic heterocycles. The van der Waals surface area contributed by atoms with Crippen LogP contribution < -0.4 is 5.73 Å². The number of nitrogens with zero attached hydrogens (tertiary/aromatic N) is 1. The molecule has 0 saturated carbocycles. The zero-order valence-corrected chi connectivity index (χ0v) is 11.8. The molecule has 0 spiro atoms. The molecule has 2 N–H and O–H groups in total. The van der Waals surface area contributed by atoms with Crippen molar-refractivity contribution in [3.63, 3.8) is 0 Å². The number of amides is 1. The molecule has 1 heterocycles. The third-order valence-corrected chi connectivity index (χ3v) is 4.61. The minimum Gasteiger partial charge on any atom is -0.343 e. The average molecular weight is 258 g/mol. The van der Waals surface area contributed by atoms with E-state index in [1.807, 2.05) is 11.8 Å². The van der Waals surface area contributed by atoms with E-state index in [1.54, 1.807) is 0 Å². The van der Waals surface area contributed by atoms with Crippen LogP contribution in [0.3, 0.4) is 0 Å². The van der Waals surface area contributed by atoms with Crippen molar-refractivity contribution in [3.8, 4) is 0 Å². The molecule has 1 aliphatic heterocycles. The van der Waals surface area contributed by atoms with E-state index in [1.165, 1.54) is 19.3 Å². The number of rotatable bonds is 7. The highest BCUT2D eigenvalue weighted by Crippen LogP contribution is 2.21. The van der Waals surface area contributed by atoms with E-state index in [2.05, 4.69) is 11.2 Å². The van der Waals surface area contributed by atoms with Crippen LogP contribution in [-0.2, 0) is 4.79 Å². The summed E-state index contributed by atoms with van der Waals surface area (Å²) in [7, 11) is 0. The Hall–Kier alpha value is -0.220. The van der Waals surface area contributed by atoms with Crippen molar-refractivity contribution in [3.05, 3.63) is 0 Å². The molecular formula is C13H26N2OS. The Kier molecular flexibility index (Phi) is 7.69. The van der Waals surface area contributed by atoms with Gasteiger partial charge in [0.05, 0.1) is 0 Å². The lowest BCUT2D eigenvalue weighted by molar-refractivity contribution is -0.132. The van der Waals surface area contributed by atoms with Gasteiger partial charge >= 0.3 is 0 Å². The Morgan fingerprint density at radius 1 is 1.24 bits per heavy atom. The lowest BCUT2D eigenvalue weighted by Gasteiger charge is -2.31. The van der Waals surface area contributed by atoms with Crippen LogP contribution in [-0.4, -0.2) is 41.9 Å². The van der Waals surface area contributed by atoms with E-state index in [-0.39, 0.29) is 0 Å². The minimum absolute atomic E-state index is 0.359. The Morgan fingerprint density at radius 2 is 1.88 bits per heavy atom. The van der Waals surface area contributed by atoms with Gasteiger partial charge in [0.25, 0.3) is 0 Å². The van der Waals surface area contributed by atoms with Crippen molar-refractivity contribution in [1.82, 2.24) is 4.90 Å². The summed E-state index contributed by atoms with van der Waals surface area (Å²) in [6, 6.07) is 0. The second kappa shape index (κ2) is 8.81. The van der Waals surface area contributed by atoms with Crippen LogP contribution in [0.2, 0.25) is 0 Å². The van der Waals surface area contributed by atoms with Gasteiger partial charge in [-0.1, -0.05) is 12.8 Å². The van der Waals surface area contributed by atoms with Crippen LogP contribution in [0.4, 0.5) is 0 Å². The molecule has 0 atom stereocenters. The molecule has 1 amide bonds. The summed E-state index contributed by atoms with van der Waals surface area (Å²) in [6.45, 7) is 2.70. The summed E-state index contributed by atoms with van der Waals surface area (Å²) in [5, 5.41) is 0.767. The van der Waals surface area contributed by atoms with E-state index in [4.69, 9.17) is 5.73 Å². The largest absolute Gasteiger partial charge is 0.343 e. The molecule has 100 valence electrons. The number of hydrogen-bond acceptors (Lipinski definition) is 3. The molecule has 4 heteroatoms. The van der Waals surface area contributed by atoms with E-state index < -0.39 is 0 Å². The number of likely N-dealkylation sites (tertiary alicyclic amines) is 1. The highest BCUT2D eigenvalue weighted by atomic mass is 32.2. The van der Waals surface area contributed by atoms with Gasteiger partial charge in [0.15, 0.2) is 0 Å².